The van der Waals surface area contributed by atoms with Gasteiger partial charge in [-0.3, -0.25) is 4.79 Å². The molecule has 0 spiro atoms. The van der Waals surface area contributed by atoms with Gasteiger partial charge in [0.25, 0.3) is 0 Å². The molecule has 1 aromatic carbocycles. The lowest BCUT2D eigenvalue weighted by Crippen LogP contribution is -2.34. The number of benzene rings is 1. The summed E-state index contributed by atoms with van der Waals surface area (Å²) in [6.07, 6.45) is 24.3. The number of fused-ring (bicyclic) bond motifs is 1. The van der Waals surface area contributed by atoms with E-state index in [4.69, 9.17) is 4.74 Å². The van der Waals surface area contributed by atoms with Crippen LogP contribution in [-0.2, 0) is 11.2 Å². The van der Waals surface area contributed by atoms with Gasteiger partial charge in [0, 0.05) is 37.8 Å². The van der Waals surface area contributed by atoms with Crippen molar-refractivity contribution in [3.8, 4) is 5.75 Å². The highest BCUT2D eigenvalue weighted by Gasteiger charge is 2.19. The fraction of sp³-hybridized carbons (Fsp3) is 0.621. The Morgan fingerprint density at radius 2 is 1.73 bits per heavy atom. The minimum Gasteiger partial charge on any atom is -0.497 e. The average molecular weight is 455 g/mol. The number of rotatable bonds is 18. The van der Waals surface area contributed by atoms with Crippen LogP contribution in [0.15, 0.2) is 42.5 Å². The Morgan fingerprint density at radius 3 is 2.48 bits per heavy atom. The molecule has 0 saturated heterocycles. The summed E-state index contributed by atoms with van der Waals surface area (Å²) in [6.45, 7) is 4.82. The molecule has 4 nitrogen and oxygen atoms in total. The molecule has 33 heavy (non-hydrogen) atoms. The van der Waals surface area contributed by atoms with Crippen molar-refractivity contribution in [2.75, 3.05) is 31.6 Å². The number of hydrogen-bond donors (Lipinski definition) is 1. The van der Waals surface area contributed by atoms with E-state index >= 15 is 0 Å². The minimum absolute atomic E-state index is 0.186. The summed E-state index contributed by atoms with van der Waals surface area (Å²) in [5.41, 5.74) is 2.62. The van der Waals surface area contributed by atoms with Gasteiger partial charge in [0.15, 0.2) is 0 Å². The second-order valence-corrected chi connectivity index (χ2v) is 9.06. The van der Waals surface area contributed by atoms with Crippen molar-refractivity contribution < 1.29 is 9.53 Å². The van der Waals surface area contributed by atoms with Crippen molar-refractivity contribution in [1.29, 1.82) is 0 Å². The standard InChI is InChI=1S/C29H46N2O2/c1-3-4-5-6-7-8-9-10-11-12-13-14-15-16-17-18-29(32)30-22-24-31-23-21-26-19-20-27(33-2)25-28(26)31/h7-8,10-11,19-20,25H,3-6,9,12-18,21-24H2,1-2H3,(H,30,32)/b8-7-,11-10-. The molecule has 1 aliphatic heterocycles. The third-order valence-corrected chi connectivity index (χ3v) is 6.34. The van der Waals surface area contributed by atoms with E-state index in [2.05, 4.69) is 53.6 Å². The van der Waals surface area contributed by atoms with Gasteiger partial charge in [0.1, 0.15) is 5.75 Å². The molecule has 1 aromatic rings. The van der Waals surface area contributed by atoms with Crippen LogP contribution in [0.1, 0.15) is 89.5 Å². The van der Waals surface area contributed by atoms with E-state index in [-0.39, 0.29) is 5.91 Å². The molecule has 4 heteroatoms. The molecule has 0 unspecified atom stereocenters. The van der Waals surface area contributed by atoms with Gasteiger partial charge in [-0.1, -0.05) is 69.4 Å². The van der Waals surface area contributed by atoms with Crippen LogP contribution >= 0.6 is 0 Å². The third kappa shape index (κ3) is 11.5. The normalized spacial score (nSPS) is 13.2. The fourth-order valence-electron chi connectivity index (χ4n) is 4.30. The number of unbranched alkanes of at least 4 members (excludes halogenated alkanes) is 8. The molecule has 0 aromatic heterocycles. The van der Waals surface area contributed by atoms with Gasteiger partial charge in [-0.05, 0) is 56.6 Å². The molecule has 184 valence electrons. The molecule has 2 rings (SSSR count). The van der Waals surface area contributed by atoms with Gasteiger partial charge in [0.05, 0.1) is 7.11 Å². The second-order valence-electron chi connectivity index (χ2n) is 9.06. The zero-order valence-electron chi connectivity index (χ0n) is 21.1. The van der Waals surface area contributed by atoms with Crippen LogP contribution in [0.4, 0.5) is 5.69 Å². The van der Waals surface area contributed by atoms with E-state index in [1.165, 1.54) is 62.6 Å². The Hall–Kier alpha value is -2.23. The number of allylic oxidation sites excluding steroid dienone is 4. The van der Waals surface area contributed by atoms with E-state index in [0.29, 0.717) is 13.0 Å². The van der Waals surface area contributed by atoms with Crippen LogP contribution in [0, 0.1) is 0 Å². The zero-order valence-corrected chi connectivity index (χ0v) is 21.1. The average Bonchev–Trinajstić information content (AvgIpc) is 3.23. The van der Waals surface area contributed by atoms with E-state index in [0.717, 1.165) is 44.5 Å². The summed E-state index contributed by atoms with van der Waals surface area (Å²) in [6, 6.07) is 6.28. The van der Waals surface area contributed by atoms with E-state index in [9.17, 15) is 4.79 Å². The number of amides is 1. The minimum atomic E-state index is 0.186. The largest absolute Gasteiger partial charge is 0.497 e. The molecule has 0 aliphatic carbocycles. The number of methoxy groups -OCH3 is 1. The van der Waals surface area contributed by atoms with Crippen LogP contribution in [0.3, 0.4) is 0 Å². The molecule has 0 saturated carbocycles. The van der Waals surface area contributed by atoms with Gasteiger partial charge >= 0.3 is 0 Å². The molecule has 0 atom stereocenters. The first-order valence-corrected chi connectivity index (χ1v) is 13.2. The van der Waals surface area contributed by atoms with E-state index < -0.39 is 0 Å². The Balaban J connectivity index is 1.41. The maximum Gasteiger partial charge on any atom is 0.220 e. The summed E-state index contributed by atoms with van der Waals surface area (Å²) in [4.78, 5) is 14.5. The maximum absolute atomic E-state index is 12.1. The maximum atomic E-state index is 12.1. The highest BCUT2D eigenvalue weighted by molar-refractivity contribution is 5.75. The van der Waals surface area contributed by atoms with Crippen molar-refractivity contribution in [1.82, 2.24) is 5.32 Å². The molecule has 1 N–H and O–H groups in total. The Bertz CT molecular complexity index is 726. The summed E-state index contributed by atoms with van der Waals surface area (Å²) >= 11 is 0. The first-order chi connectivity index (χ1) is 16.2. The number of anilines is 1. The molecule has 0 bridgehead atoms. The fourth-order valence-corrected chi connectivity index (χ4v) is 4.30. The number of nitrogens with zero attached hydrogens (tertiary/aromatic N) is 1. The summed E-state index contributed by atoms with van der Waals surface area (Å²) in [7, 11) is 1.70. The monoisotopic (exact) mass is 454 g/mol. The summed E-state index contributed by atoms with van der Waals surface area (Å²) < 4.78 is 5.35. The van der Waals surface area contributed by atoms with Gasteiger partial charge < -0.3 is 15.0 Å². The lowest BCUT2D eigenvalue weighted by atomic mass is 10.1. The van der Waals surface area contributed by atoms with Crippen LogP contribution in [0.2, 0.25) is 0 Å². The van der Waals surface area contributed by atoms with Crippen LogP contribution in [0.25, 0.3) is 0 Å². The Kier molecular flexibility index (Phi) is 14.1. The number of hydrogen-bond acceptors (Lipinski definition) is 3. The second kappa shape index (κ2) is 17.3. The Labute approximate surface area is 202 Å². The smallest absolute Gasteiger partial charge is 0.220 e. The van der Waals surface area contributed by atoms with Crippen molar-refractivity contribution in [2.45, 2.75) is 90.4 Å². The molecule has 0 radical (unpaired) electrons. The molecule has 1 heterocycles. The van der Waals surface area contributed by atoms with Gasteiger partial charge in [0.2, 0.25) is 5.91 Å². The molecular formula is C29H46N2O2. The van der Waals surface area contributed by atoms with E-state index in [1.807, 2.05) is 6.07 Å². The van der Waals surface area contributed by atoms with Crippen molar-refractivity contribution >= 4 is 11.6 Å². The van der Waals surface area contributed by atoms with Gasteiger partial charge in [-0.15, -0.1) is 0 Å². The summed E-state index contributed by atoms with van der Waals surface area (Å²) in [5, 5.41) is 3.09. The molecule has 0 fully saturated rings. The number of ether oxygens (including phenoxy) is 1. The van der Waals surface area contributed by atoms with Crippen LogP contribution in [-0.4, -0.2) is 32.7 Å². The third-order valence-electron chi connectivity index (χ3n) is 6.34. The van der Waals surface area contributed by atoms with Crippen LogP contribution < -0.4 is 15.0 Å². The Morgan fingerprint density at radius 1 is 1.00 bits per heavy atom. The first kappa shape index (κ1) is 27.0. The molecular weight excluding hydrogens is 408 g/mol. The highest BCUT2D eigenvalue weighted by atomic mass is 16.5. The molecule has 1 amide bonds. The van der Waals surface area contributed by atoms with Crippen LogP contribution in [0.5, 0.6) is 5.75 Å². The van der Waals surface area contributed by atoms with Crippen molar-refractivity contribution in [3.63, 3.8) is 0 Å². The SMILES string of the molecule is CCCCC/C=C\C/C=C\CCCCCCCC(=O)NCCN1CCc2ccc(OC)cc21. The molecule has 1 aliphatic rings. The number of nitrogens with one attached hydrogen (secondary N) is 1. The van der Waals surface area contributed by atoms with Gasteiger partial charge in [-0.2, -0.15) is 0 Å². The lowest BCUT2D eigenvalue weighted by molar-refractivity contribution is -0.121. The topological polar surface area (TPSA) is 41.6 Å². The van der Waals surface area contributed by atoms with Crippen molar-refractivity contribution in [2.24, 2.45) is 0 Å². The van der Waals surface area contributed by atoms with Gasteiger partial charge in [-0.25, -0.2) is 0 Å². The number of carbonyl (C=O) groups is 1. The van der Waals surface area contributed by atoms with E-state index in [1.54, 1.807) is 7.11 Å². The lowest BCUT2D eigenvalue weighted by Gasteiger charge is -2.20. The zero-order chi connectivity index (χ0) is 23.6. The predicted molar refractivity (Wildman–Crippen MR) is 141 cm³/mol. The predicted octanol–water partition coefficient (Wildman–Crippen LogP) is 6.99. The van der Waals surface area contributed by atoms with Crippen molar-refractivity contribution in [3.05, 3.63) is 48.1 Å². The first-order valence-electron chi connectivity index (χ1n) is 13.2. The quantitative estimate of drug-likeness (QED) is 0.192. The number of carbonyl (C=O) groups excluding carboxylic acids is 1. The highest BCUT2D eigenvalue weighted by Crippen LogP contribution is 2.31. The summed E-state index contributed by atoms with van der Waals surface area (Å²) in [5.74, 6) is 1.08.